The molecule has 0 aromatic heterocycles. The van der Waals surface area contributed by atoms with Crippen LogP contribution in [0.3, 0.4) is 0 Å². The minimum Gasteiger partial charge on any atom is -0.390 e. The van der Waals surface area contributed by atoms with Crippen LogP contribution in [0, 0.1) is 5.92 Å². The molecule has 0 rings (SSSR count). The molecule has 0 saturated carbocycles. The Labute approximate surface area is 61.0 Å². The maximum Gasteiger partial charge on any atom is 0.192 e. The molecule has 0 aliphatic rings. The van der Waals surface area contributed by atoms with Gasteiger partial charge in [0, 0.05) is 6.21 Å². The van der Waals surface area contributed by atoms with Crippen molar-refractivity contribution in [3.8, 4) is 0 Å². The second-order valence-corrected chi connectivity index (χ2v) is 2.25. The van der Waals surface area contributed by atoms with Gasteiger partial charge in [-0.1, -0.05) is 13.8 Å². The van der Waals surface area contributed by atoms with Crippen LogP contribution in [0.2, 0.25) is 0 Å². The highest BCUT2D eigenvalue weighted by atomic mass is 15.1. The van der Waals surface area contributed by atoms with Crippen molar-refractivity contribution in [1.29, 1.82) is 0 Å². The Hall–Kier alpha value is -0.900. The fourth-order valence-electron chi connectivity index (χ4n) is 0.387. The Bertz CT molecular complexity index is 128. The first-order valence-electron chi connectivity index (χ1n) is 3.19. The van der Waals surface area contributed by atoms with Crippen molar-refractivity contribution in [1.82, 2.24) is 0 Å². The molecular weight excluding hydrogens is 128 g/mol. The Morgan fingerprint density at radius 1 is 1.30 bits per heavy atom. The summed E-state index contributed by atoms with van der Waals surface area (Å²) in [7, 11) is 0. The molecule has 1 unspecified atom stereocenters. The molecule has 4 N–H and O–H groups in total. The van der Waals surface area contributed by atoms with Crippen LogP contribution in [0.4, 0.5) is 0 Å². The van der Waals surface area contributed by atoms with Gasteiger partial charge in [0.15, 0.2) is 6.29 Å². The van der Waals surface area contributed by atoms with E-state index in [-0.39, 0.29) is 0 Å². The normalized spacial score (nSPS) is 15.6. The topological polar surface area (TPSA) is 76.8 Å². The molecule has 4 nitrogen and oxygen atoms in total. The lowest BCUT2D eigenvalue weighted by atomic mass is 10.2. The van der Waals surface area contributed by atoms with E-state index in [4.69, 9.17) is 11.5 Å². The molecule has 0 aliphatic carbocycles. The highest BCUT2D eigenvalue weighted by Gasteiger charge is 1.90. The molecule has 0 spiro atoms. The van der Waals surface area contributed by atoms with Crippen molar-refractivity contribution < 1.29 is 0 Å². The minimum atomic E-state index is -0.535. The number of nitrogens with two attached hydrogens (primary N) is 2. The Kier molecular flexibility index (Phi) is 4.49. The van der Waals surface area contributed by atoms with Crippen LogP contribution in [0.15, 0.2) is 9.98 Å². The van der Waals surface area contributed by atoms with Crippen LogP contribution >= 0.6 is 0 Å². The molecule has 1 atom stereocenters. The summed E-state index contributed by atoms with van der Waals surface area (Å²) in [5.41, 5.74) is 10.3. The van der Waals surface area contributed by atoms with Crippen LogP contribution in [-0.2, 0) is 0 Å². The predicted octanol–water partition coefficient (Wildman–Crippen LogP) is -0.0575. The second-order valence-electron chi connectivity index (χ2n) is 2.25. The molecule has 0 fully saturated rings. The number of aliphatic imine (C=N–C) groups is 2. The van der Waals surface area contributed by atoms with Gasteiger partial charge in [-0.2, -0.15) is 0 Å². The fourth-order valence-corrected chi connectivity index (χ4v) is 0.387. The van der Waals surface area contributed by atoms with Crippen molar-refractivity contribution in [2.45, 2.75) is 20.1 Å². The van der Waals surface area contributed by atoms with Crippen molar-refractivity contribution in [2.24, 2.45) is 27.4 Å². The highest BCUT2D eigenvalue weighted by Crippen LogP contribution is 1.87. The van der Waals surface area contributed by atoms with E-state index in [9.17, 15) is 0 Å². The number of rotatable bonds is 3. The summed E-state index contributed by atoms with van der Waals surface area (Å²) in [6.45, 7) is 4.03. The van der Waals surface area contributed by atoms with Crippen LogP contribution in [0.5, 0.6) is 0 Å². The van der Waals surface area contributed by atoms with Crippen LogP contribution in [-0.4, -0.2) is 18.8 Å². The third-order valence-electron chi connectivity index (χ3n) is 0.776. The van der Waals surface area contributed by atoms with Crippen molar-refractivity contribution >= 4 is 12.6 Å². The number of nitrogens with zero attached hydrogens (tertiary/aromatic N) is 2. The summed E-state index contributed by atoms with van der Waals surface area (Å²) in [5, 5.41) is 0. The Morgan fingerprint density at radius 2 is 1.90 bits per heavy atom. The first-order valence-corrected chi connectivity index (χ1v) is 3.19. The average Bonchev–Trinajstić information content (AvgIpc) is 1.85. The van der Waals surface area contributed by atoms with E-state index < -0.39 is 6.29 Å². The average molecular weight is 142 g/mol. The van der Waals surface area contributed by atoms with Gasteiger partial charge < -0.3 is 5.73 Å². The summed E-state index contributed by atoms with van der Waals surface area (Å²) >= 11 is 0. The lowest BCUT2D eigenvalue weighted by Gasteiger charge is -1.98. The quantitative estimate of drug-likeness (QED) is 0.428. The van der Waals surface area contributed by atoms with E-state index in [0.717, 1.165) is 6.34 Å². The molecule has 0 saturated heterocycles. The zero-order valence-electron chi connectivity index (χ0n) is 6.36. The van der Waals surface area contributed by atoms with Gasteiger partial charge in [-0.3, -0.25) is 10.7 Å². The van der Waals surface area contributed by atoms with Gasteiger partial charge in [0.2, 0.25) is 0 Å². The summed E-state index contributed by atoms with van der Waals surface area (Å²) in [5.74, 6) is 0.402. The third kappa shape index (κ3) is 5.24. The number of hydrogen-bond acceptors (Lipinski definition) is 3. The second kappa shape index (κ2) is 4.93. The highest BCUT2D eigenvalue weighted by molar-refractivity contribution is 5.60. The lowest BCUT2D eigenvalue weighted by molar-refractivity contribution is 0.747. The van der Waals surface area contributed by atoms with E-state index in [2.05, 4.69) is 9.98 Å². The molecule has 58 valence electrons. The molecule has 0 aromatic carbocycles. The van der Waals surface area contributed by atoms with E-state index >= 15 is 0 Å². The molecular formula is C6H14N4. The van der Waals surface area contributed by atoms with Crippen molar-refractivity contribution in [3.05, 3.63) is 0 Å². The summed E-state index contributed by atoms with van der Waals surface area (Å²) < 4.78 is 0. The summed E-state index contributed by atoms with van der Waals surface area (Å²) in [4.78, 5) is 7.52. The molecule has 4 heteroatoms. The van der Waals surface area contributed by atoms with E-state index in [1.807, 2.05) is 13.8 Å². The zero-order valence-corrected chi connectivity index (χ0v) is 6.36. The first kappa shape index (κ1) is 9.10. The zero-order chi connectivity index (χ0) is 7.98. The molecule has 0 amide bonds. The SMILES string of the molecule is CC(C)C=NC(N)N=CN. The van der Waals surface area contributed by atoms with Gasteiger partial charge >= 0.3 is 0 Å². The lowest BCUT2D eigenvalue weighted by Crippen LogP contribution is -2.16. The van der Waals surface area contributed by atoms with Gasteiger partial charge in [-0.25, -0.2) is 4.99 Å². The maximum absolute atomic E-state index is 5.36. The monoisotopic (exact) mass is 142 g/mol. The smallest absolute Gasteiger partial charge is 0.192 e. The van der Waals surface area contributed by atoms with Gasteiger partial charge in [0.25, 0.3) is 0 Å². The molecule has 0 bridgehead atoms. The maximum atomic E-state index is 5.36. The van der Waals surface area contributed by atoms with Gasteiger partial charge in [0.1, 0.15) is 0 Å². The van der Waals surface area contributed by atoms with Crippen LogP contribution in [0.25, 0.3) is 0 Å². The molecule has 0 heterocycles. The molecule has 10 heavy (non-hydrogen) atoms. The van der Waals surface area contributed by atoms with Gasteiger partial charge in [-0.05, 0) is 5.92 Å². The number of hydrogen-bond donors (Lipinski definition) is 2. The standard InChI is InChI=1S/C6H14N4/c1-5(2)3-9-6(8)10-4-7/h3-6H,8H2,1-2H3,(H2,7,10). The molecule has 0 radical (unpaired) electrons. The molecule has 0 aromatic rings. The van der Waals surface area contributed by atoms with Crippen molar-refractivity contribution in [2.75, 3.05) is 0 Å². The largest absolute Gasteiger partial charge is 0.390 e. The minimum absolute atomic E-state index is 0.402. The first-order chi connectivity index (χ1) is 4.66. The van der Waals surface area contributed by atoms with E-state index in [1.54, 1.807) is 6.21 Å². The van der Waals surface area contributed by atoms with Crippen LogP contribution < -0.4 is 11.5 Å². The van der Waals surface area contributed by atoms with E-state index in [0.29, 0.717) is 5.92 Å². The summed E-state index contributed by atoms with van der Waals surface area (Å²) in [6.07, 6.45) is 2.37. The predicted molar refractivity (Wildman–Crippen MR) is 44.0 cm³/mol. The van der Waals surface area contributed by atoms with Crippen LogP contribution in [0.1, 0.15) is 13.8 Å². The molecule has 0 aliphatic heterocycles. The van der Waals surface area contributed by atoms with Gasteiger partial charge in [0.05, 0.1) is 6.34 Å². The third-order valence-corrected chi connectivity index (χ3v) is 0.776. The Morgan fingerprint density at radius 3 is 2.30 bits per heavy atom. The van der Waals surface area contributed by atoms with E-state index in [1.165, 1.54) is 0 Å². The summed E-state index contributed by atoms with van der Waals surface area (Å²) in [6, 6.07) is 0. The fraction of sp³-hybridized carbons (Fsp3) is 0.667. The van der Waals surface area contributed by atoms with Crippen molar-refractivity contribution in [3.63, 3.8) is 0 Å². The van der Waals surface area contributed by atoms with Gasteiger partial charge in [-0.15, -0.1) is 0 Å². The Balaban J connectivity index is 3.66.